The van der Waals surface area contributed by atoms with Crippen molar-refractivity contribution < 1.29 is 0 Å². The summed E-state index contributed by atoms with van der Waals surface area (Å²) in [5, 5.41) is 6.97. The van der Waals surface area contributed by atoms with Crippen LogP contribution in [0.3, 0.4) is 0 Å². The zero-order valence-electron chi connectivity index (χ0n) is 12.6. The van der Waals surface area contributed by atoms with Gasteiger partial charge in [0.1, 0.15) is 0 Å². The summed E-state index contributed by atoms with van der Waals surface area (Å²) < 4.78 is 0. The molecule has 3 heteroatoms. The molecule has 2 rings (SSSR count). The van der Waals surface area contributed by atoms with Crippen LogP contribution in [-0.4, -0.2) is 19.1 Å². The SMILES string of the molecule is CC(N)C(NCCCNc1ccccc1)c1ccccc1. The number of para-hydroxylation sites is 1. The van der Waals surface area contributed by atoms with Gasteiger partial charge >= 0.3 is 0 Å². The van der Waals surface area contributed by atoms with Gasteiger partial charge in [-0.05, 0) is 37.6 Å². The van der Waals surface area contributed by atoms with E-state index in [0.717, 1.165) is 19.5 Å². The molecule has 2 unspecified atom stereocenters. The van der Waals surface area contributed by atoms with Gasteiger partial charge in [-0.1, -0.05) is 48.5 Å². The van der Waals surface area contributed by atoms with Crippen LogP contribution in [0.5, 0.6) is 0 Å². The molecule has 0 amide bonds. The van der Waals surface area contributed by atoms with Crippen LogP contribution in [0, 0.1) is 0 Å². The number of benzene rings is 2. The minimum absolute atomic E-state index is 0.0921. The summed E-state index contributed by atoms with van der Waals surface area (Å²) in [7, 11) is 0. The standard InChI is InChI=1S/C18H25N3/c1-15(19)18(16-9-4-2-5-10-16)21-14-8-13-20-17-11-6-3-7-12-17/h2-7,9-12,15,18,20-21H,8,13-14,19H2,1H3. The first-order chi connectivity index (χ1) is 10.3. The molecule has 0 radical (unpaired) electrons. The molecule has 0 saturated heterocycles. The summed E-state index contributed by atoms with van der Waals surface area (Å²) in [6.07, 6.45) is 1.06. The minimum atomic E-state index is 0.0921. The highest BCUT2D eigenvalue weighted by Gasteiger charge is 2.14. The summed E-state index contributed by atoms with van der Waals surface area (Å²) in [6.45, 7) is 3.95. The van der Waals surface area contributed by atoms with Crippen LogP contribution >= 0.6 is 0 Å². The van der Waals surface area contributed by atoms with Gasteiger partial charge in [-0.15, -0.1) is 0 Å². The van der Waals surface area contributed by atoms with Crippen LogP contribution in [0.25, 0.3) is 0 Å². The van der Waals surface area contributed by atoms with Gasteiger partial charge < -0.3 is 16.4 Å². The lowest BCUT2D eigenvalue weighted by atomic mass is 10.0. The third-order valence-corrected chi connectivity index (χ3v) is 3.51. The third-order valence-electron chi connectivity index (χ3n) is 3.51. The first-order valence-corrected chi connectivity index (χ1v) is 7.60. The average Bonchev–Trinajstić information content (AvgIpc) is 2.52. The van der Waals surface area contributed by atoms with Crippen molar-refractivity contribution in [1.82, 2.24) is 5.32 Å². The number of rotatable bonds is 8. The maximum atomic E-state index is 6.10. The smallest absolute Gasteiger partial charge is 0.0471 e. The van der Waals surface area contributed by atoms with Gasteiger partial charge in [0.05, 0.1) is 0 Å². The van der Waals surface area contributed by atoms with Gasteiger partial charge in [0.15, 0.2) is 0 Å². The molecule has 0 heterocycles. The molecule has 4 N–H and O–H groups in total. The number of nitrogens with two attached hydrogens (primary N) is 1. The Kier molecular flexibility index (Phi) is 6.25. The highest BCUT2D eigenvalue weighted by Crippen LogP contribution is 2.15. The predicted molar refractivity (Wildman–Crippen MR) is 90.4 cm³/mol. The first kappa shape index (κ1) is 15.5. The highest BCUT2D eigenvalue weighted by atomic mass is 15.0. The number of nitrogens with one attached hydrogen (secondary N) is 2. The summed E-state index contributed by atoms with van der Waals surface area (Å²) in [5.41, 5.74) is 8.52. The zero-order chi connectivity index (χ0) is 14.9. The molecule has 0 aromatic heterocycles. The van der Waals surface area contributed by atoms with Gasteiger partial charge in [-0.2, -0.15) is 0 Å². The van der Waals surface area contributed by atoms with E-state index in [4.69, 9.17) is 5.73 Å². The fraction of sp³-hybridized carbons (Fsp3) is 0.333. The van der Waals surface area contributed by atoms with Crippen molar-refractivity contribution in [2.75, 3.05) is 18.4 Å². The predicted octanol–water partition coefficient (Wildman–Crippen LogP) is 3.17. The summed E-state index contributed by atoms with van der Waals surface area (Å²) in [5.74, 6) is 0. The van der Waals surface area contributed by atoms with Crippen LogP contribution in [0.4, 0.5) is 5.69 Å². The van der Waals surface area contributed by atoms with Crippen LogP contribution in [0.15, 0.2) is 60.7 Å². The quantitative estimate of drug-likeness (QED) is 0.652. The Balaban J connectivity index is 1.73. The zero-order valence-corrected chi connectivity index (χ0v) is 12.6. The van der Waals surface area contributed by atoms with Gasteiger partial charge in [-0.25, -0.2) is 0 Å². The molecule has 2 atom stereocenters. The largest absolute Gasteiger partial charge is 0.385 e. The Bertz CT molecular complexity index is 496. The number of anilines is 1. The van der Waals surface area contributed by atoms with E-state index in [0.29, 0.717) is 0 Å². The van der Waals surface area contributed by atoms with E-state index in [1.54, 1.807) is 0 Å². The van der Waals surface area contributed by atoms with Crippen LogP contribution in [-0.2, 0) is 0 Å². The molecule has 2 aromatic rings. The van der Waals surface area contributed by atoms with E-state index in [1.165, 1.54) is 11.3 Å². The second-order valence-electron chi connectivity index (χ2n) is 5.35. The lowest BCUT2D eigenvalue weighted by molar-refractivity contribution is 0.462. The van der Waals surface area contributed by atoms with Crippen molar-refractivity contribution >= 4 is 5.69 Å². The maximum Gasteiger partial charge on any atom is 0.0471 e. The van der Waals surface area contributed by atoms with E-state index in [1.807, 2.05) is 31.2 Å². The van der Waals surface area contributed by atoms with Crippen molar-refractivity contribution in [3.8, 4) is 0 Å². The molecule has 112 valence electrons. The number of hydrogen-bond donors (Lipinski definition) is 3. The molecule has 0 aliphatic heterocycles. The maximum absolute atomic E-state index is 6.10. The van der Waals surface area contributed by atoms with Crippen molar-refractivity contribution in [3.05, 3.63) is 66.2 Å². The van der Waals surface area contributed by atoms with Crippen molar-refractivity contribution in [3.63, 3.8) is 0 Å². The van der Waals surface area contributed by atoms with Gasteiger partial charge in [0.2, 0.25) is 0 Å². The monoisotopic (exact) mass is 283 g/mol. The first-order valence-electron chi connectivity index (χ1n) is 7.60. The molecule has 0 spiro atoms. The Morgan fingerprint density at radius 3 is 2.14 bits per heavy atom. The second kappa shape index (κ2) is 8.45. The minimum Gasteiger partial charge on any atom is -0.385 e. The molecule has 2 aromatic carbocycles. The third kappa shape index (κ3) is 5.21. The van der Waals surface area contributed by atoms with Crippen LogP contribution in [0.2, 0.25) is 0 Å². The molecule has 0 fully saturated rings. The second-order valence-corrected chi connectivity index (χ2v) is 5.35. The Morgan fingerprint density at radius 1 is 0.905 bits per heavy atom. The van der Waals surface area contributed by atoms with Gasteiger partial charge in [0, 0.05) is 24.3 Å². The Labute approximate surface area is 127 Å². The van der Waals surface area contributed by atoms with E-state index in [2.05, 4.69) is 47.0 Å². The average molecular weight is 283 g/mol. The molecule has 21 heavy (non-hydrogen) atoms. The lowest BCUT2D eigenvalue weighted by Crippen LogP contribution is -2.36. The van der Waals surface area contributed by atoms with E-state index >= 15 is 0 Å². The molecular formula is C18H25N3. The Hall–Kier alpha value is -1.84. The fourth-order valence-corrected chi connectivity index (χ4v) is 2.40. The molecule has 3 nitrogen and oxygen atoms in total. The fourth-order valence-electron chi connectivity index (χ4n) is 2.40. The lowest BCUT2D eigenvalue weighted by Gasteiger charge is -2.23. The summed E-state index contributed by atoms with van der Waals surface area (Å²) >= 11 is 0. The topological polar surface area (TPSA) is 50.1 Å². The molecular weight excluding hydrogens is 258 g/mol. The normalized spacial score (nSPS) is 13.6. The van der Waals surface area contributed by atoms with E-state index < -0.39 is 0 Å². The van der Waals surface area contributed by atoms with Crippen LogP contribution < -0.4 is 16.4 Å². The van der Waals surface area contributed by atoms with E-state index in [9.17, 15) is 0 Å². The summed E-state index contributed by atoms with van der Waals surface area (Å²) in [6, 6.07) is 21.0. The molecule has 0 aliphatic rings. The number of hydrogen-bond acceptors (Lipinski definition) is 3. The van der Waals surface area contributed by atoms with Crippen molar-refractivity contribution in [2.24, 2.45) is 5.73 Å². The molecule has 0 aliphatic carbocycles. The van der Waals surface area contributed by atoms with Crippen LogP contribution in [0.1, 0.15) is 24.9 Å². The summed E-state index contributed by atoms with van der Waals surface area (Å²) in [4.78, 5) is 0. The van der Waals surface area contributed by atoms with Gasteiger partial charge in [0.25, 0.3) is 0 Å². The van der Waals surface area contributed by atoms with Crippen molar-refractivity contribution in [1.29, 1.82) is 0 Å². The van der Waals surface area contributed by atoms with E-state index in [-0.39, 0.29) is 12.1 Å². The molecule has 0 saturated carbocycles. The molecule has 0 bridgehead atoms. The highest BCUT2D eigenvalue weighted by molar-refractivity contribution is 5.42. The Morgan fingerprint density at radius 2 is 1.52 bits per heavy atom. The van der Waals surface area contributed by atoms with Crippen molar-refractivity contribution in [2.45, 2.75) is 25.4 Å². The van der Waals surface area contributed by atoms with Gasteiger partial charge in [-0.3, -0.25) is 0 Å².